The molecule has 0 fully saturated rings. The number of rotatable bonds is 5. The quantitative estimate of drug-likeness (QED) is 0.164. The summed E-state index contributed by atoms with van der Waals surface area (Å²) in [5, 5.41) is 2.23. The van der Waals surface area contributed by atoms with E-state index in [2.05, 4.69) is 28.2 Å². The summed E-state index contributed by atoms with van der Waals surface area (Å²) in [6, 6.07) is 49.1. The first-order chi connectivity index (χ1) is 24.2. The van der Waals surface area contributed by atoms with Crippen LogP contribution in [-0.2, 0) is 26.5 Å². The van der Waals surface area contributed by atoms with E-state index in [1.165, 1.54) is 12.1 Å². The van der Waals surface area contributed by atoms with Gasteiger partial charge >= 0.3 is 0 Å². The van der Waals surface area contributed by atoms with Crippen LogP contribution in [0.5, 0.6) is 0 Å². The van der Waals surface area contributed by atoms with E-state index in [-0.39, 0.29) is 25.7 Å². The number of fused-ring (bicyclic) bond motifs is 3. The van der Waals surface area contributed by atoms with E-state index in [0.717, 1.165) is 38.8 Å². The van der Waals surface area contributed by atoms with Gasteiger partial charge in [0.25, 0.3) is 0 Å². The Morgan fingerprint density at radius 2 is 1.52 bits per heavy atom. The van der Waals surface area contributed by atoms with Crippen LogP contribution in [0, 0.1) is 19.0 Å². The molecule has 0 saturated carbocycles. The summed E-state index contributed by atoms with van der Waals surface area (Å²) < 4.78 is 46.4. The third-order valence-electron chi connectivity index (χ3n) is 7.39. The third kappa shape index (κ3) is 6.74. The normalized spacial score (nSPS) is 12.8. The molecule has 8 rings (SSSR count). The molecule has 46 heavy (non-hydrogen) atoms. The van der Waals surface area contributed by atoms with Gasteiger partial charge in [0.2, 0.25) is 0 Å². The van der Waals surface area contributed by atoms with Crippen LogP contribution in [-0.4, -0.2) is 9.97 Å². The molecule has 8 aromatic rings. The van der Waals surface area contributed by atoms with Crippen LogP contribution >= 0.6 is 0 Å². The molecule has 0 saturated heterocycles. The number of furan rings is 1. The molecule has 0 atom stereocenters. The molecule has 0 aliphatic carbocycles. The minimum Gasteiger partial charge on any atom is -0.501 e. The molecule has 5 aromatic carbocycles. The van der Waals surface area contributed by atoms with Crippen LogP contribution in [0.25, 0.3) is 55.6 Å². The molecular weight excluding hydrogens is 741 g/mol. The summed E-state index contributed by atoms with van der Waals surface area (Å²) in [6.45, 7) is -2.20. The number of hydrogen-bond donors (Lipinski definition) is 0. The Balaban J connectivity index is 0.000000191. The van der Waals surface area contributed by atoms with Gasteiger partial charge in [0.1, 0.15) is 5.58 Å². The third-order valence-corrected chi connectivity index (χ3v) is 7.39. The van der Waals surface area contributed by atoms with Crippen LogP contribution in [0.2, 0.25) is 0 Å². The Hall–Kier alpha value is -5.15. The predicted octanol–water partition coefficient (Wildman–Crippen LogP) is 10.6. The number of para-hydroxylation sites is 1. The summed E-state index contributed by atoms with van der Waals surface area (Å²) >= 11 is 0. The number of pyridine rings is 2. The first-order valence-corrected chi connectivity index (χ1v) is 14.6. The van der Waals surface area contributed by atoms with Gasteiger partial charge < -0.3 is 14.4 Å². The maximum absolute atomic E-state index is 8.93. The van der Waals surface area contributed by atoms with Gasteiger partial charge in [0, 0.05) is 50.3 Å². The molecular formula is C42H30IrN2O-2. The second-order valence-corrected chi connectivity index (χ2v) is 10.4. The van der Waals surface area contributed by atoms with Gasteiger partial charge in [0.15, 0.2) is 0 Å². The van der Waals surface area contributed by atoms with E-state index in [0.29, 0.717) is 27.9 Å². The van der Waals surface area contributed by atoms with Crippen molar-refractivity contribution in [2.24, 2.45) is 0 Å². The molecule has 3 heterocycles. The predicted molar refractivity (Wildman–Crippen MR) is 184 cm³/mol. The maximum Gasteiger partial charge on any atom is 0.120 e. The average molecular weight is 776 g/mol. The van der Waals surface area contributed by atoms with Gasteiger partial charge in [-0.05, 0) is 46.6 Å². The number of benzene rings is 5. The van der Waals surface area contributed by atoms with Gasteiger partial charge in [-0.15, -0.1) is 53.6 Å². The number of aryl methyl sites for hydroxylation is 1. The molecule has 0 aliphatic rings. The van der Waals surface area contributed by atoms with Gasteiger partial charge in [-0.25, -0.2) is 0 Å². The Morgan fingerprint density at radius 1 is 0.739 bits per heavy atom. The SMILES string of the molecule is [2H]C([2H])([2H])c1c[c-]c(-c2cc(C([2H])([2H])c3ccccc3)c(-c3ccccc3)cn2)cc1.[Ir].[c-]1ccc2c(oc3ccccc32)c1-c1ccccn1. The van der Waals surface area contributed by atoms with Gasteiger partial charge in [-0.1, -0.05) is 115 Å². The van der Waals surface area contributed by atoms with Crippen molar-refractivity contribution in [3.63, 3.8) is 0 Å². The molecule has 0 spiro atoms. The summed E-state index contributed by atoms with van der Waals surface area (Å²) in [6.07, 6.45) is 1.69. The monoisotopic (exact) mass is 776 g/mol. The minimum atomic E-state index is -2.20. The number of hydrogen-bond acceptors (Lipinski definition) is 3. The molecule has 3 nitrogen and oxygen atoms in total. The van der Waals surface area contributed by atoms with Crippen LogP contribution in [0.4, 0.5) is 0 Å². The fourth-order valence-corrected chi connectivity index (χ4v) is 5.21. The van der Waals surface area contributed by atoms with Crippen LogP contribution in [0.1, 0.15) is 23.5 Å². The van der Waals surface area contributed by atoms with Gasteiger partial charge in [-0.3, -0.25) is 0 Å². The largest absolute Gasteiger partial charge is 0.501 e. The first-order valence-electron chi connectivity index (χ1n) is 17.1. The van der Waals surface area contributed by atoms with Gasteiger partial charge in [0.05, 0.1) is 5.58 Å². The van der Waals surface area contributed by atoms with E-state index in [1.807, 2.05) is 97.1 Å². The van der Waals surface area contributed by atoms with Gasteiger partial charge in [-0.2, -0.15) is 0 Å². The molecule has 0 aliphatic heterocycles. The second-order valence-electron chi connectivity index (χ2n) is 10.4. The molecule has 3 aromatic heterocycles. The van der Waals surface area contributed by atoms with Crippen molar-refractivity contribution in [3.05, 3.63) is 181 Å². The molecule has 225 valence electrons. The van der Waals surface area contributed by atoms with E-state index in [9.17, 15) is 0 Å². The van der Waals surface area contributed by atoms with Crippen molar-refractivity contribution in [2.75, 3.05) is 0 Å². The molecule has 0 N–H and O–H groups in total. The smallest absolute Gasteiger partial charge is 0.120 e. The van der Waals surface area contributed by atoms with Crippen LogP contribution in [0.3, 0.4) is 0 Å². The van der Waals surface area contributed by atoms with E-state index >= 15 is 0 Å². The van der Waals surface area contributed by atoms with E-state index < -0.39 is 13.2 Å². The maximum atomic E-state index is 8.93. The molecule has 1 radical (unpaired) electrons. The fourth-order valence-electron chi connectivity index (χ4n) is 5.21. The van der Waals surface area contributed by atoms with E-state index in [1.54, 1.807) is 36.7 Å². The van der Waals surface area contributed by atoms with Crippen molar-refractivity contribution < 1.29 is 31.4 Å². The van der Waals surface area contributed by atoms with Crippen LogP contribution in [0.15, 0.2) is 156 Å². The van der Waals surface area contributed by atoms with Crippen molar-refractivity contribution in [2.45, 2.75) is 13.2 Å². The van der Waals surface area contributed by atoms with Crippen molar-refractivity contribution >= 4 is 21.9 Å². The summed E-state index contributed by atoms with van der Waals surface area (Å²) in [5.41, 5.74) is 7.50. The first kappa shape index (κ1) is 25.1. The zero-order valence-electron chi connectivity index (χ0n) is 29.6. The Kier molecular flexibility index (Phi) is 7.80. The zero-order chi connectivity index (χ0) is 34.7. The molecule has 0 unspecified atom stereocenters. The average Bonchev–Trinajstić information content (AvgIpc) is 3.55. The second kappa shape index (κ2) is 14.3. The summed E-state index contributed by atoms with van der Waals surface area (Å²) in [4.78, 5) is 8.92. The Morgan fingerprint density at radius 3 is 2.28 bits per heavy atom. The van der Waals surface area contributed by atoms with Crippen molar-refractivity contribution in [1.82, 2.24) is 9.97 Å². The minimum absolute atomic E-state index is 0. The molecule has 0 bridgehead atoms. The molecule has 4 heteroatoms. The Bertz CT molecular complexity index is 2380. The molecule has 0 amide bonds. The fraction of sp³-hybridized carbons (Fsp3) is 0.0476. The number of aromatic nitrogens is 2. The van der Waals surface area contributed by atoms with E-state index in [4.69, 9.17) is 11.3 Å². The van der Waals surface area contributed by atoms with Crippen molar-refractivity contribution in [1.29, 1.82) is 0 Å². The standard InChI is InChI=1S/C25H20N.C17H10NO.Ir/c1-19-12-14-22(15-13-19)25-17-23(16-20-8-4-2-5-9-20)24(18-26-25)21-10-6-3-7-11-21;1-2-10-16-12(6-1)13-7-5-8-14(17(13)19-16)15-9-3-4-11-18-15;/h2-14,17-18H,16H2,1H3;1-7,9-11H;/q2*-1;/i1D3,16D2;;. The summed E-state index contributed by atoms with van der Waals surface area (Å²) in [7, 11) is 0. The zero-order valence-corrected chi connectivity index (χ0v) is 27.0. The van der Waals surface area contributed by atoms with Crippen molar-refractivity contribution in [3.8, 4) is 33.6 Å². The Labute approximate surface area is 290 Å². The summed E-state index contributed by atoms with van der Waals surface area (Å²) in [5.74, 6) is 0. The topological polar surface area (TPSA) is 38.9 Å². The number of nitrogens with zero attached hydrogens (tertiary/aromatic N) is 2. The van der Waals surface area contributed by atoms with Crippen LogP contribution < -0.4 is 0 Å².